The van der Waals surface area contributed by atoms with Gasteiger partial charge in [-0.1, -0.05) is 31.5 Å². The highest BCUT2D eigenvalue weighted by Gasteiger charge is 2.39. The number of hydrogen-bond acceptors (Lipinski definition) is 4. The molecular weight excluding hydrogens is 437 g/mol. The molecule has 1 N–H and O–H groups in total. The van der Waals surface area contributed by atoms with Gasteiger partial charge in [-0.2, -0.15) is 22.8 Å². The van der Waals surface area contributed by atoms with E-state index in [1.54, 1.807) is 6.07 Å². The second-order valence-corrected chi connectivity index (χ2v) is 7.52. The molecule has 0 aromatic carbocycles. The highest BCUT2D eigenvalue weighted by molar-refractivity contribution is 6.29. The maximum atomic E-state index is 13.8. The molecule has 4 aromatic rings. The molecule has 0 aliphatic carbocycles. The molecule has 0 unspecified atom stereocenters. The Morgan fingerprint density at radius 1 is 1.29 bits per heavy atom. The van der Waals surface area contributed by atoms with Crippen LogP contribution in [0.15, 0.2) is 36.7 Å². The van der Waals surface area contributed by atoms with Crippen LogP contribution in [0, 0.1) is 0 Å². The number of carboxylic acid groups (broad SMARTS) is 1. The first-order valence-corrected chi connectivity index (χ1v) is 9.53. The molecule has 0 radical (unpaired) electrons. The van der Waals surface area contributed by atoms with Crippen molar-refractivity contribution in [3.05, 3.63) is 58.8 Å². The Labute approximate surface area is 178 Å². The second-order valence-electron chi connectivity index (χ2n) is 7.13. The Kier molecular flexibility index (Phi) is 5.00. The first-order chi connectivity index (χ1) is 14.6. The predicted octanol–water partition coefficient (Wildman–Crippen LogP) is 4.86. The Morgan fingerprint density at radius 2 is 2.03 bits per heavy atom. The summed E-state index contributed by atoms with van der Waals surface area (Å²) >= 11 is 6.11. The molecule has 0 bridgehead atoms. The van der Waals surface area contributed by atoms with E-state index in [1.165, 1.54) is 35.1 Å². The largest absolute Gasteiger partial charge is 0.465 e. The average Bonchev–Trinajstić information content (AvgIpc) is 3.25. The number of aromatic nitrogens is 5. The molecule has 0 atom stereocenters. The van der Waals surface area contributed by atoms with Crippen molar-refractivity contribution in [1.82, 2.24) is 24.0 Å². The van der Waals surface area contributed by atoms with Gasteiger partial charge in [0, 0.05) is 17.8 Å². The molecule has 0 spiro atoms. The second kappa shape index (κ2) is 7.41. The fraction of sp³-hybridized carbons (Fsp3) is 0.263. The molecule has 8 nitrogen and oxygen atoms in total. The maximum absolute atomic E-state index is 13.8. The van der Waals surface area contributed by atoms with Crippen molar-refractivity contribution >= 4 is 34.8 Å². The highest BCUT2D eigenvalue weighted by Crippen LogP contribution is 2.34. The van der Waals surface area contributed by atoms with Gasteiger partial charge in [0.2, 0.25) is 0 Å². The van der Waals surface area contributed by atoms with Crippen LogP contribution in [0.1, 0.15) is 36.7 Å². The van der Waals surface area contributed by atoms with Crippen molar-refractivity contribution in [2.24, 2.45) is 0 Å². The molecule has 12 heteroatoms. The standard InChI is InChI=1S/C19H16ClF3N6O2/c1-10(2)11-8-24-29-15(7-13(20)26-17(11)29)28(18(30)31)9-12-16(19(21,22)23)27-6-4-3-5-14(27)25-12/h3-8,10H,9H2,1-2H3,(H,30,31). The molecule has 0 aliphatic heterocycles. The van der Waals surface area contributed by atoms with E-state index >= 15 is 0 Å². The normalized spacial score (nSPS) is 12.2. The lowest BCUT2D eigenvalue weighted by molar-refractivity contribution is -0.142. The first kappa shape index (κ1) is 20.9. The molecule has 4 rings (SSSR count). The summed E-state index contributed by atoms with van der Waals surface area (Å²) in [4.78, 5) is 21.0. The minimum absolute atomic E-state index is 0.0119. The van der Waals surface area contributed by atoms with Gasteiger partial charge in [0.1, 0.15) is 16.6 Å². The van der Waals surface area contributed by atoms with Gasteiger partial charge in [-0.25, -0.2) is 14.8 Å². The number of anilines is 1. The van der Waals surface area contributed by atoms with E-state index < -0.39 is 30.2 Å². The monoisotopic (exact) mass is 452 g/mol. The Bertz CT molecular complexity index is 1300. The molecule has 31 heavy (non-hydrogen) atoms. The zero-order chi connectivity index (χ0) is 22.5. The van der Waals surface area contributed by atoms with E-state index in [4.69, 9.17) is 11.6 Å². The number of rotatable bonds is 4. The van der Waals surface area contributed by atoms with Crippen LogP contribution in [0.3, 0.4) is 0 Å². The average molecular weight is 453 g/mol. The summed E-state index contributed by atoms with van der Waals surface area (Å²) in [5, 5.41) is 14.0. The topological polar surface area (TPSA) is 88.0 Å². The molecule has 0 fully saturated rings. The van der Waals surface area contributed by atoms with Crippen molar-refractivity contribution in [1.29, 1.82) is 0 Å². The van der Waals surface area contributed by atoms with Gasteiger partial charge in [-0.05, 0) is 18.1 Å². The van der Waals surface area contributed by atoms with Crippen molar-refractivity contribution in [2.75, 3.05) is 4.90 Å². The summed E-state index contributed by atoms with van der Waals surface area (Å²) in [6.07, 6.45) is -3.49. The van der Waals surface area contributed by atoms with Gasteiger partial charge < -0.3 is 5.11 Å². The summed E-state index contributed by atoms with van der Waals surface area (Å²) in [7, 11) is 0. The predicted molar refractivity (Wildman–Crippen MR) is 106 cm³/mol. The number of nitrogens with zero attached hydrogens (tertiary/aromatic N) is 6. The Balaban J connectivity index is 1.89. The van der Waals surface area contributed by atoms with E-state index in [0.717, 1.165) is 9.96 Å². The quantitative estimate of drug-likeness (QED) is 0.447. The molecule has 0 aliphatic rings. The molecule has 0 saturated heterocycles. The van der Waals surface area contributed by atoms with Crippen LogP contribution in [0.5, 0.6) is 0 Å². The lowest BCUT2D eigenvalue weighted by Crippen LogP contribution is -2.32. The van der Waals surface area contributed by atoms with Crippen molar-refractivity contribution in [2.45, 2.75) is 32.5 Å². The third kappa shape index (κ3) is 3.65. The number of imidazole rings is 1. The van der Waals surface area contributed by atoms with Crippen molar-refractivity contribution in [3.63, 3.8) is 0 Å². The van der Waals surface area contributed by atoms with Gasteiger partial charge in [0.05, 0.1) is 18.4 Å². The van der Waals surface area contributed by atoms with Crippen LogP contribution in [0.4, 0.5) is 23.8 Å². The lowest BCUT2D eigenvalue weighted by Gasteiger charge is -2.20. The van der Waals surface area contributed by atoms with Crippen molar-refractivity contribution in [3.8, 4) is 0 Å². The number of pyridine rings is 1. The Morgan fingerprint density at radius 3 is 2.68 bits per heavy atom. The summed E-state index contributed by atoms with van der Waals surface area (Å²) < 4.78 is 43.5. The van der Waals surface area contributed by atoms with E-state index in [-0.39, 0.29) is 22.5 Å². The molecular formula is C19H16ClF3N6O2. The number of alkyl halides is 3. The number of carbonyl (C=O) groups is 1. The van der Waals surface area contributed by atoms with E-state index in [1.807, 2.05) is 13.8 Å². The minimum Gasteiger partial charge on any atom is -0.465 e. The molecule has 162 valence electrons. The van der Waals surface area contributed by atoms with Crippen LogP contribution >= 0.6 is 11.6 Å². The third-order valence-corrected chi connectivity index (χ3v) is 4.95. The number of amides is 1. The summed E-state index contributed by atoms with van der Waals surface area (Å²) in [6.45, 7) is 3.14. The lowest BCUT2D eigenvalue weighted by atomic mass is 10.1. The molecule has 4 aromatic heterocycles. The fourth-order valence-electron chi connectivity index (χ4n) is 3.39. The van der Waals surface area contributed by atoms with Crippen LogP contribution < -0.4 is 4.90 Å². The maximum Gasteiger partial charge on any atom is 0.433 e. The summed E-state index contributed by atoms with van der Waals surface area (Å²) in [5.74, 6) is -0.0237. The summed E-state index contributed by atoms with van der Waals surface area (Å²) in [6, 6.07) is 5.63. The smallest absolute Gasteiger partial charge is 0.433 e. The van der Waals surface area contributed by atoms with Gasteiger partial charge in [0.25, 0.3) is 0 Å². The molecule has 0 saturated carbocycles. The van der Waals surface area contributed by atoms with Crippen LogP contribution in [0.25, 0.3) is 11.3 Å². The van der Waals surface area contributed by atoms with Gasteiger partial charge in [0.15, 0.2) is 11.3 Å². The number of hydrogen-bond donors (Lipinski definition) is 1. The van der Waals surface area contributed by atoms with Crippen molar-refractivity contribution < 1.29 is 23.1 Å². The third-order valence-electron chi connectivity index (χ3n) is 4.76. The molecule has 1 amide bonds. The van der Waals surface area contributed by atoms with Crippen LogP contribution in [-0.4, -0.2) is 35.2 Å². The van der Waals surface area contributed by atoms with Crippen LogP contribution in [-0.2, 0) is 12.7 Å². The van der Waals surface area contributed by atoms with Gasteiger partial charge in [-0.15, -0.1) is 0 Å². The zero-order valence-corrected chi connectivity index (χ0v) is 17.1. The van der Waals surface area contributed by atoms with Gasteiger partial charge in [-0.3, -0.25) is 9.30 Å². The van der Waals surface area contributed by atoms with E-state index in [9.17, 15) is 23.1 Å². The fourth-order valence-corrected chi connectivity index (χ4v) is 3.56. The minimum atomic E-state index is -4.75. The van der Waals surface area contributed by atoms with E-state index in [0.29, 0.717) is 10.5 Å². The van der Waals surface area contributed by atoms with Crippen LogP contribution in [0.2, 0.25) is 5.15 Å². The highest BCUT2D eigenvalue weighted by atomic mass is 35.5. The Hall–Kier alpha value is -3.34. The zero-order valence-electron chi connectivity index (χ0n) is 16.3. The number of fused-ring (bicyclic) bond motifs is 2. The summed E-state index contributed by atoms with van der Waals surface area (Å²) in [5.41, 5.74) is -0.394. The van der Waals surface area contributed by atoms with E-state index in [2.05, 4.69) is 15.1 Å². The van der Waals surface area contributed by atoms with Gasteiger partial charge >= 0.3 is 12.3 Å². The SMILES string of the molecule is CC(C)c1cnn2c(N(Cc3nc4ccccn4c3C(F)(F)F)C(=O)O)cc(Cl)nc12. The molecule has 4 heterocycles. The first-order valence-electron chi connectivity index (χ1n) is 9.15. The number of halogens is 4.